The third-order valence-corrected chi connectivity index (χ3v) is 3.60. The molecule has 0 saturated heterocycles. The molecule has 2 aromatic rings. The zero-order valence-corrected chi connectivity index (χ0v) is 13.0. The molecule has 0 fully saturated rings. The zero-order valence-electron chi connectivity index (χ0n) is 12.3. The minimum Gasteiger partial charge on any atom is -0.355 e. The highest BCUT2D eigenvalue weighted by Crippen LogP contribution is 2.23. The lowest BCUT2D eigenvalue weighted by Gasteiger charge is -2.22. The Hall–Kier alpha value is -1.39. The van der Waals surface area contributed by atoms with Crippen LogP contribution < -0.4 is 5.32 Å². The van der Waals surface area contributed by atoms with Crippen molar-refractivity contribution >= 4 is 11.6 Å². The Balaban J connectivity index is 2.20. The van der Waals surface area contributed by atoms with Gasteiger partial charge in [-0.1, -0.05) is 54.1 Å². The van der Waals surface area contributed by atoms with E-state index >= 15 is 0 Å². The smallest absolute Gasteiger partial charge is 0.169 e. The van der Waals surface area contributed by atoms with E-state index in [2.05, 4.69) is 17.4 Å². The fraction of sp³-hybridized carbons (Fsp3) is 0.294. The van der Waals surface area contributed by atoms with E-state index in [1.54, 1.807) is 14.2 Å². The van der Waals surface area contributed by atoms with Crippen molar-refractivity contribution in [2.45, 2.75) is 12.3 Å². The molecule has 1 atom stereocenters. The number of ether oxygens (including phenoxy) is 2. The van der Waals surface area contributed by atoms with Gasteiger partial charge in [-0.15, -0.1) is 0 Å². The first kappa shape index (κ1) is 16.0. The predicted molar refractivity (Wildman–Crippen MR) is 85.5 cm³/mol. The summed E-state index contributed by atoms with van der Waals surface area (Å²) in [5.41, 5.74) is 2.34. The lowest BCUT2D eigenvalue weighted by molar-refractivity contribution is -0.0995. The Labute approximate surface area is 130 Å². The first-order chi connectivity index (χ1) is 10.2. The molecule has 21 heavy (non-hydrogen) atoms. The fourth-order valence-electron chi connectivity index (χ4n) is 2.21. The normalized spacial score (nSPS) is 12.6. The molecule has 2 rings (SSSR count). The molecule has 0 saturated carbocycles. The number of hydrogen-bond acceptors (Lipinski definition) is 3. The summed E-state index contributed by atoms with van der Waals surface area (Å²) in [7, 11) is 3.27. The van der Waals surface area contributed by atoms with Gasteiger partial charge in [0.15, 0.2) is 6.29 Å². The van der Waals surface area contributed by atoms with Crippen molar-refractivity contribution in [3.8, 4) is 0 Å². The monoisotopic (exact) mass is 305 g/mol. The summed E-state index contributed by atoms with van der Waals surface area (Å²) < 4.78 is 10.5. The van der Waals surface area contributed by atoms with Gasteiger partial charge >= 0.3 is 0 Å². The van der Waals surface area contributed by atoms with Gasteiger partial charge in [-0.2, -0.15) is 0 Å². The number of methoxy groups -OCH3 is 2. The summed E-state index contributed by atoms with van der Waals surface area (Å²) in [5.74, 6) is 0. The molecule has 0 amide bonds. The zero-order chi connectivity index (χ0) is 15.1. The average molecular weight is 306 g/mol. The van der Waals surface area contributed by atoms with Crippen molar-refractivity contribution in [2.75, 3.05) is 20.8 Å². The van der Waals surface area contributed by atoms with Crippen LogP contribution in [0.25, 0.3) is 0 Å². The summed E-state index contributed by atoms with van der Waals surface area (Å²) >= 11 is 5.97. The minimum absolute atomic E-state index is 0.0660. The van der Waals surface area contributed by atoms with Gasteiger partial charge in [0.25, 0.3) is 0 Å². The van der Waals surface area contributed by atoms with Crippen molar-refractivity contribution in [1.29, 1.82) is 0 Å². The maximum absolute atomic E-state index is 5.97. The Kier molecular flexibility index (Phi) is 6.21. The molecule has 0 radical (unpaired) electrons. The molecule has 0 aliphatic heterocycles. The SMILES string of the molecule is COC(CN[C@H](c1ccccc1)c1ccc(Cl)cc1)OC. The van der Waals surface area contributed by atoms with Crippen LogP contribution in [0.3, 0.4) is 0 Å². The van der Waals surface area contributed by atoms with Gasteiger partial charge < -0.3 is 14.8 Å². The molecule has 2 aromatic carbocycles. The summed E-state index contributed by atoms with van der Waals surface area (Å²) in [6.07, 6.45) is -0.275. The van der Waals surface area contributed by atoms with Crippen molar-refractivity contribution in [3.05, 3.63) is 70.7 Å². The lowest BCUT2D eigenvalue weighted by Crippen LogP contribution is -2.33. The number of benzene rings is 2. The van der Waals surface area contributed by atoms with Gasteiger partial charge in [0.05, 0.1) is 6.04 Å². The minimum atomic E-state index is -0.275. The summed E-state index contributed by atoms with van der Waals surface area (Å²) in [5, 5.41) is 4.21. The molecule has 0 aromatic heterocycles. The lowest BCUT2D eigenvalue weighted by atomic mass is 9.99. The molecule has 112 valence electrons. The van der Waals surface area contributed by atoms with E-state index in [0.717, 1.165) is 10.6 Å². The van der Waals surface area contributed by atoms with Crippen LogP contribution in [0.4, 0.5) is 0 Å². The van der Waals surface area contributed by atoms with E-state index < -0.39 is 0 Å². The van der Waals surface area contributed by atoms with E-state index in [-0.39, 0.29) is 12.3 Å². The van der Waals surface area contributed by atoms with Crippen LogP contribution in [-0.2, 0) is 9.47 Å². The predicted octanol–water partition coefficient (Wildman–Crippen LogP) is 3.64. The fourth-order valence-corrected chi connectivity index (χ4v) is 2.33. The molecule has 0 aliphatic carbocycles. The van der Waals surface area contributed by atoms with E-state index in [1.165, 1.54) is 5.56 Å². The Morgan fingerprint density at radius 3 is 2.05 bits per heavy atom. The first-order valence-electron chi connectivity index (χ1n) is 6.84. The van der Waals surface area contributed by atoms with E-state index in [1.807, 2.05) is 42.5 Å². The number of nitrogens with one attached hydrogen (secondary N) is 1. The molecule has 4 heteroatoms. The molecule has 0 bridgehead atoms. The van der Waals surface area contributed by atoms with Gasteiger partial charge in [0.1, 0.15) is 0 Å². The van der Waals surface area contributed by atoms with Crippen molar-refractivity contribution in [3.63, 3.8) is 0 Å². The molecule has 0 unspecified atom stereocenters. The number of hydrogen-bond donors (Lipinski definition) is 1. The molecule has 0 heterocycles. The van der Waals surface area contributed by atoms with Crippen LogP contribution in [0.1, 0.15) is 17.2 Å². The standard InChI is InChI=1S/C17H20ClNO2/c1-20-16(21-2)12-19-17(13-6-4-3-5-7-13)14-8-10-15(18)11-9-14/h3-11,16-17,19H,12H2,1-2H3/t17-/m1/s1. The second-order valence-electron chi connectivity index (χ2n) is 4.70. The highest BCUT2D eigenvalue weighted by atomic mass is 35.5. The van der Waals surface area contributed by atoms with E-state index in [0.29, 0.717) is 6.54 Å². The van der Waals surface area contributed by atoms with Crippen LogP contribution in [0.2, 0.25) is 5.02 Å². The van der Waals surface area contributed by atoms with Crippen molar-refractivity contribution in [1.82, 2.24) is 5.32 Å². The first-order valence-corrected chi connectivity index (χ1v) is 7.21. The third-order valence-electron chi connectivity index (χ3n) is 3.35. The molecule has 0 aliphatic rings. The summed E-state index contributed by atoms with van der Waals surface area (Å²) in [4.78, 5) is 0. The number of rotatable bonds is 7. The Morgan fingerprint density at radius 2 is 1.48 bits per heavy atom. The van der Waals surface area contributed by atoms with E-state index in [4.69, 9.17) is 21.1 Å². The van der Waals surface area contributed by atoms with Crippen LogP contribution in [0.15, 0.2) is 54.6 Å². The highest BCUT2D eigenvalue weighted by molar-refractivity contribution is 6.30. The average Bonchev–Trinajstić information content (AvgIpc) is 2.54. The second kappa shape index (κ2) is 8.15. The largest absolute Gasteiger partial charge is 0.355 e. The highest BCUT2D eigenvalue weighted by Gasteiger charge is 2.15. The van der Waals surface area contributed by atoms with Crippen molar-refractivity contribution < 1.29 is 9.47 Å². The van der Waals surface area contributed by atoms with Gasteiger partial charge in [-0.05, 0) is 23.3 Å². The summed E-state index contributed by atoms with van der Waals surface area (Å²) in [6.45, 7) is 0.592. The second-order valence-corrected chi connectivity index (χ2v) is 5.14. The maximum atomic E-state index is 5.97. The van der Waals surface area contributed by atoms with Crippen molar-refractivity contribution in [2.24, 2.45) is 0 Å². The van der Waals surface area contributed by atoms with E-state index in [9.17, 15) is 0 Å². The number of halogens is 1. The van der Waals surface area contributed by atoms with Crippen LogP contribution in [0.5, 0.6) is 0 Å². The molecule has 1 N–H and O–H groups in total. The molecule has 0 spiro atoms. The van der Waals surface area contributed by atoms with Gasteiger partial charge in [-0.25, -0.2) is 0 Å². The third kappa shape index (κ3) is 4.55. The van der Waals surface area contributed by atoms with Crippen LogP contribution >= 0.6 is 11.6 Å². The Morgan fingerprint density at radius 1 is 0.905 bits per heavy atom. The summed E-state index contributed by atoms with van der Waals surface area (Å²) in [6, 6.07) is 18.2. The molecular formula is C17H20ClNO2. The molecular weight excluding hydrogens is 286 g/mol. The van der Waals surface area contributed by atoms with Gasteiger partial charge in [0.2, 0.25) is 0 Å². The van der Waals surface area contributed by atoms with Crippen LogP contribution in [-0.4, -0.2) is 27.1 Å². The van der Waals surface area contributed by atoms with Crippen LogP contribution in [0, 0.1) is 0 Å². The quantitative estimate of drug-likeness (QED) is 0.792. The topological polar surface area (TPSA) is 30.5 Å². The Bertz CT molecular complexity index is 526. The van der Waals surface area contributed by atoms with Gasteiger partial charge in [0, 0.05) is 25.8 Å². The molecule has 3 nitrogen and oxygen atoms in total. The maximum Gasteiger partial charge on any atom is 0.169 e. The van der Waals surface area contributed by atoms with Gasteiger partial charge in [-0.3, -0.25) is 0 Å².